The highest BCUT2D eigenvalue weighted by molar-refractivity contribution is 7.20. The van der Waals surface area contributed by atoms with E-state index in [0.29, 0.717) is 21.7 Å². The van der Waals surface area contributed by atoms with Gasteiger partial charge in [-0.3, -0.25) is 0 Å². The molecular weight excluding hydrogens is 336 g/mol. The number of hydrogen-bond donors (Lipinski definition) is 1. The Balaban J connectivity index is 1.91. The maximum absolute atomic E-state index is 11.7. The number of aromatic amines is 1. The highest BCUT2D eigenvalue weighted by Gasteiger charge is 2.14. The first-order valence-corrected chi connectivity index (χ1v) is 7.84. The number of esters is 1. The van der Waals surface area contributed by atoms with Gasteiger partial charge in [-0.1, -0.05) is 12.1 Å². The van der Waals surface area contributed by atoms with Gasteiger partial charge in [0.25, 0.3) is 0 Å². The number of methoxy groups -OCH3 is 1. The summed E-state index contributed by atoms with van der Waals surface area (Å²) < 4.78 is 5.72. The average molecular weight is 345 g/mol. The molecule has 4 aromatic rings. The Morgan fingerprint density at radius 3 is 3.00 bits per heavy atom. The summed E-state index contributed by atoms with van der Waals surface area (Å²) in [7, 11) is 1.37. The van der Waals surface area contributed by atoms with Crippen LogP contribution in [-0.2, 0) is 4.74 Å². The molecule has 114 valence electrons. The zero-order valence-electron chi connectivity index (χ0n) is 11.8. The van der Waals surface area contributed by atoms with Gasteiger partial charge in [0, 0.05) is 10.3 Å². The number of H-pyrrole nitrogens is 1. The molecule has 1 N–H and O–H groups in total. The molecule has 0 bridgehead atoms. The van der Waals surface area contributed by atoms with Gasteiger partial charge in [-0.25, -0.2) is 14.8 Å². The van der Waals surface area contributed by atoms with E-state index in [0.717, 1.165) is 15.6 Å². The Morgan fingerprint density at radius 2 is 2.17 bits per heavy atom. The Labute approximate surface area is 139 Å². The monoisotopic (exact) mass is 344 g/mol. The first-order chi connectivity index (χ1) is 11.2. The molecule has 0 radical (unpaired) electrons. The van der Waals surface area contributed by atoms with Crippen molar-refractivity contribution in [2.75, 3.05) is 7.11 Å². The molecule has 6 nitrogen and oxygen atoms in total. The van der Waals surface area contributed by atoms with E-state index in [-0.39, 0.29) is 11.3 Å². The quantitative estimate of drug-likeness (QED) is 0.443. The SMILES string of the molecule is COC(=O)c1cc2ccc(-c3nc(Cl)nc4[nH]cnc34)cc2s1. The van der Waals surface area contributed by atoms with Crippen LogP contribution >= 0.6 is 22.9 Å². The third-order valence-electron chi connectivity index (χ3n) is 3.43. The maximum atomic E-state index is 11.7. The summed E-state index contributed by atoms with van der Waals surface area (Å²) in [4.78, 5) is 27.8. The van der Waals surface area contributed by atoms with Crippen molar-refractivity contribution in [3.8, 4) is 11.3 Å². The first kappa shape index (κ1) is 14.1. The molecule has 0 saturated carbocycles. The summed E-state index contributed by atoms with van der Waals surface area (Å²) >= 11 is 7.36. The van der Waals surface area contributed by atoms with Crippen LogP contribution in [0.4, 0.5) is 0 Å². The van der Waals surface area contributed by atoms with Crippen molar-refractivity contribution < 1.29 is 9.53 Å². The van der Waals surface area contributed by atoms with Gasteiger partial charge in [0.2, 0.25) is 5.28 Å². The van der Waals surface area contributed by atoms with E-state index in [9.17, 15) is 4.79 Å². The van der Waals surface area contributed by atoms with Crippen molar-refractivity contribution in [2.45, 2.75) is 0 Å². The normalized spacial score (nSPS) is 11.2. The summed E-state index contributed by atoms with van der Waals surface area (Å²) in [5, 5.41) is 1.12. The molecule has 3 heterocycles. The number of carbonyl (C=O) groups excluding carboxylic acids is 1. The lowest BCUT2D eigenvalue weighted by molar-refractivity contribution is 0.0606. The molecule has 0 fully saturated rings. The highest BCUT2D eigenvalue weighted by Crippen LogP contribution is 2.32. The van der Waals surface area contributed by atoms with Gasteiger partial charge in [0.05, 0.1) is 13.4 Å². The zero-order chi connectivity index (χ0) is 16.0. The number of nitrogens with zero attached hydrogens (tertiary/aromatic N) is 3. The summed E-state index contributed by atoms with van der Waals surface area (Å²) in [5.41, 5.74) is 2.74. The van der Waals surface area contributed by atoms with Crippen LogP contribution in [0.5, 0.6) is 0 Å². The summed E-state index contributed by atoms with van der Waals surface area (Å²) in [5.74, 6) is -0.340. The molecule has 0 unspecified atom stereocenters. The number of imidazole rings is 1. The van der Waals surface area contributed by atoms with E-state index < -0.39 is 0 Å². The van der Waals surface area contributed by atoms with Gasteiger partial charge in [-0.15, -0.1) is 11.3 Å². The standard InChI is InChI=1S/C15H9ClN4O2S/c1-22-14(21)10-4-7-2-3-8(5-9(7)23-10)11-12-13(18-6-17-12)20-15(16)19-11/h2-6H,1H3,(H,17,18,19,20). The van der Waals surface area contributed by atoms with Crippen molar-refractivity contribution in [2.24, 2.45) is 0 Å². The number of aromatic nitrogens is 4. The third-order valence-corrected chi connectivity index (χ3v) is 4.68. The van der Waals surface area contributed by atoms with Crippen LogP contribution in [-0.4, -0.2) is 33.0 Å². The molecule has 8 heteroatoms. The second kappa shape index (κ2) is 5.29. The molecule has 3 aromatic heterocycles. The lowest BCUT2D eigenvalue weighted by atomic mass is 10.1. The fraction of sp³-hybridized carbons (Fsp3) is 0.0667. The molecule has 4 rings (SSSR count). The topological polar surface area (TPSA) is 80.8 Å². The van der Waals surface area contributed by atoms with E-state index in [1.165, 1.54) is 18.4 Å². The Hall–Kier alpha value is -2.51. The minimum atomic E-state index is -0.340. The van der Waals surface area contributed by atoms with Gasteiger partial charge >= 0.3 is 5.97 Å². The van der Waals surface area contributed by atoms with Gasteiger partial charge in [0.15, 0.2) is 5.65 Å². The van der Waals surface area contributed by atoms with E-state index in [1.54, 1.807) is 6.33 Å². The molecular formula is C15H9ClN4O2S. The van der Waals surface area contributed by atoms with Gasteiger partial charge in [-0.05, 0) is 29.1 Å². The number of hydrogen-bond acceptors (Lipinski definition) is 6. The largest absolute Gasteiger partial charge is 0.465 e. The predicted molar refractivity (Wildman–Crippen MR) is 88.9 cm³/mol. The molecule has 0 aliphatic carbocycles. The molecule has 0 spiro atoms. The van der Waals surface area contributed by atoms with Gasteiger partial charge in [-0.2, -0.15) is 4.98 Å². The smallest absolute Gasteiger partial charge is 0.348 e. The lowest BCUT2D eigenvalue weighted by Gasteiger charge is -2.02. The minimum absolute atomic E-state index is 0.151. The van der Waals surface area contributed by atoms with Crippen molar-refractivity contribution in [3.05, 3.63) is 40.8 Å². The van der Waals surface area contributed by atoms with E-state index >= 15 is 0 Å². The number of nitrogens with one attached hydrogen (secondary N) is 1. The first-order valence-electron chi connectivity index (χ1n) is 6.64. The molecule has 0 amide bonds. The molecule has 1 aromatic carbocycles. The molecule has 0 aliphatic heterocycles. The second-order valence-corrected chi connectivity index (χ2v) is 6.22. The Morgan fingerprint density at radius 1 is 1.30 bits per heavy atom. The van der Waals surface area contributed by atoms with Crippen LogP contribution in [0.1, 0.15) is 9.67 Å². The minimum Gasteiger partial charge on any atom is -0.465 e. The third kappa shape index (κ3) is 2.34. The summed E-state index contributed by atoms with van der Waals surface area (Å²) in [6, 6.07) is 7.62. The maximum Gasteiger partial charge on any atom is 0.348 e. The van der Waals surface area contributed by atoms with Gasteiger partial charge < -0.3 is 9.72 Å². The fourth-order valence-electron chi connectivity index (χ4n) is 2.39. The number of benzene rings is 1. The highest BCUT2D eigenvalue weighted by atomic mass is 35.5. The number of halogens is 1. The molecule has 0 saturated heterocycles. The second-order valence-electron chi connectivity index (χ2n) is 4.80. The van der Waals surface area contributed by atoms with E-state index in [1.807, 2.05) is 24.3 Å². The summed E-state index contributed by atoms with van der Waals surface area (Å²) in [6.45, 7) is 0. The molecule has 23 heavy (non-hydrogen) atoms. The Kier molecular flexibility index (Phi) is 3.24. The van der Waals surface area contributed by atoms with Crippen LogP contribution in [0.25, 0.3) is 32.5 Å². The van der Waals surface area contributed by atoms with E-state index in [4.69, 9.17) is 16.3 Å². The average Bonchev–Trinajstić information content (AvgIpc) is 3.18. The lowest BCUT2D eigenvalue weighted by Crippen LogP contribution is -1.96. The van der Waals surface area contributed by atoms with Crippen molar-refractivity contribution in [1.82, 2.24) is 19.9 Å². The van der Waals surface area contributed by atoms with Crippen molar-refractivity contribution >= 4 is 50.2 Å². The number of ether oxygens (including phenoxy) is 1. The van der Waals surface area contributed by atoms with Crippen LogP contribution in [0.15, 0.2) is 30.6 Å². The number of thiophene rings is 1. The van der Waals surface area contributed by atoms with Crippen LogP contribution in [0.2, 0.25) is 5.28 Å². The zero-order valence-corrected chi connectivity index (χ0v) is 13.4. The van der Waals surface area contributed by atoms with Crippen molar-refractivity contribution in [3.63, 3.8) is 0 Å². The van der Waals surface area contributed by atoms with Gasteiger partial charge in [0.1, 0.15) is 16.1 Å². The predicted octanol–water partition coefficient (Wildman–Crippen LogP) is 3.67. The fourth-order valence-corrected chi connectivity index (χ4v) is 3.58. The van der Waals surface area contributed by atoms with Crippen LogP contribution in [0, 0.1) is 0 Å². The Bertz CT molecular complexity index is 1060. The van der Waals surface area contributed by atoms with E-state index in [2.05, 4.69) is 19.9 Å². The summed E-state index contributed by atoms with van der Waals surface area (Å²) in [6.07, 6.45) is 1.55. The number of rotatable bonds is 2. The van der Waals surface area contributed by atoms with Crippen LogP contribution < -0.4 is 0 Å². The van der Waals surface area contributed by atoms with Crippen molar-refractivity contribution in [1.29, 1.82) is 0 Å². The molecule has 0 atom stereocenters. The molecule has 0 aliphatic rings. The van der Waals surface area contributed by atoms with Crippen LogP contribution in [0.3, 0.4) is 0 Å². The number of carbonyl (C=O) groups is 1. The number of fused-ring (bicyclic) bond motifs is 2.